The summed E-state index contributed by atoms with van der Waals surface area (Å²) < 4.78 is 1.20. The second kappa shape index (κ2) is 5.55. The van der Waals surface area contributed by atoms with Crippen molar-refractivity contribution in [3.8, 4) is 0 Å². The van der Waals surface area contributed by atoms with Crippen LogP contribution in [0.5, 0.6) is 0 Å². The minimum Gasteiger partial charge on any atom is -0.263 e. The minimum absolute atomic E-state index is 0.980. The van der Waals surface area contributed by atoms with Gasteiger partial charge < -0.3 is 0 Å². The Morgan fingerprint density at radius 3 is 2.79 bits per heavy atom. The van der Waals surface area contributed by atoms with Gasteiger partial charge in [0.05, 0.1) is 10.4 Å². The Balaban J connectivity index is 1.84. The van der Waals surface area contributed by atoms with E-state index in [0.717, 1.165) is 10.6 Å². The number of pyridine rings is 1. The maximum Gasteiger partial charge on any atom is 0.0631 e. The normalized spacial score (nSPS) is 11.4. The molecule has 1 aromatic carbocycles. The molecular formula is C15H12N2S2. The third kappa shape index (κ3) is 2.85. The Morgan fingerprint density at radius 2 is 2.05 bits per heavy atom. The Bertz CT molecular complexity index is 681. The molecule has 0 saturated heterocycles. The third-order valence-electron chi connectivity index (χ3n) is 2.76. The van der Waals surface area contributed by atoms with Crippen molar-refractivity contribution in [3.63, 3.8) is 0 Å². The molecule has 0 N–H and O–H groups in total. The zero-order chi connectivity index (χ0) is 13.1. The molecule has 0 unspecified atom stereocenters. The van der Waals surface area contributed by atoms with Crippen molar-refractivity contribution in [2.24, 2.45) is 4.99 Å². The summed E-state index contributed by atoms with van der Waals surface area (Å²) in [6, 6.07) is 12.4. The number of thiophene rings is 1. The Kier molecular flexibility index (Phi) is 3.62. The first-order chi connectivity index (χ1) is 9.35. The van der Waals surface area contributed by atoms with Crippen LogP contribution in [-0.4, -0.2) is 17.5 Å². The molecule has 2 heterocycles. The van der Waals surface area contributed by atoms with Crippen LogP contribution in [0.25, 0.3) is 10.1 Å². The van der Waals surface area contributed by atoms with Crippen LogP contribution in [-0.2, 0) is 0 Å². The molecular weight excluding hydrogens is 272 g/mol. The van der Waals surface area contributed by atoms with Gasteiger partial charge in [0.25, 0.3) is 0 Å². The fourth-order valence-corrected chi connectivity index (χ4v) is 3.09. The van der Waals surface area contributed by atoms with E-state index >= 15 is 0 Å². The van der Waals surface area contributed by atoms with Crippen LogP contribution < -0.4 is 0 Å². The number of benzene rings is 1. The van der Waals surface area contributed by atoms with Crippen LogP contribution in [0.4, 0.5) is 5.69 Å². The molecule has 2 aromatic heterocycles. The van der Waals surface area contributed by atoms with Crippen molar-refractivity contribution in [3.05, 3.63) is 53.7 Å². The molecule has 0 bridgehead atoms. The molecule has 3 aromatic rings. The van der Waals surface area contributed by atoms with Crippen LogP contribution in [0.1, 0.15) is 4.88 Å². The molecule has 0 spiro atoms. The minimum atomic E-state index is 0.980. The van der Waals surface area contributed by atoms with Gasteiger partial charge in [-0.25, -0.2) is 0 Å². The van der Waals surface area contributed by atoms with Crippen LogP contribution in [0.15, 0.2) is 58.7 Å². The van der Waals surface area contributed by atoms with E-state index in [1.54, 1.807) is 23.1 Å². The molecule has 0 radical (unpaired) electrons. The number of hydrogen-bond donors (Lipinski definition) is 0. The summed E-state index contributed by atoms with van der Waals surface area (Å²) in [4.78, 5) is 11.0. The number of thioether (sulfide) groups is 1. The SMILES string of the molecule is CSc1ccc(N=Cc2cc3ccncc3s2)cc1. The van der Waals surface area contributed by atoms with Gasteiger partial charge in [0, 0.05) is 28.4 Å². The zero-order valence-corrected chi connectivity index (χ0v) is 12.0. The van der Waals surface area contributed by atoms with Crippen LogP contribution in [0.3, 0.4) is 0 Å². The fourth-order valence-electron chi connectivity index (χ4n) is 1.78. The lowest BCUT2D eigenvalue weighted by Crippen LogP contribution is -1.72. The van der Waals surface area contributed by atoms with Gasteiger partial charge in [-0.05, 0) is 48.0 Å². The van der Waals surface area contributed by atoms with Crippen molar-refractivity contribution >= 4 is 45.1 Å². The maximum absolute atomic E-state index is 4.50. The van der Waals surface area contributed by atoms with E-state index in [2.05, 4.69) is 34.4 Å². The highest BCUT2D eigenvalue weighted by Crippen LogP contribution is 2.24. The van der Waals surface area contributed by atoms with Gasteiger partial charge in [0.1, 0.15) is 0 Å². The van der Waals surface area contributed by atoms with Crippen molar-refractivity contribution in [1.82, 2.24) is 4.98 Å². The molecule has 3 rings (SSSR count). The summed E-state index contributed by atoms with van der Waals surface area (Å²) in [5.41, 5.74) is 0.980. The number of rotatable bonds is 3. The highest BCUT2D eigenvalue weighted by atomic mass is 32.2. The number of fused-ring (bicyclic) bond motifs is 1. The number of aliphatic imine (C=N–C) groups is 1. The van der Waals surface area contributed by atoms with E-state index in [4.69, 9.17) is 0 Å². The summed E-state index contributed by atoms with van der Waals surface area (Å²) in [5, 5.41) is 1.22. The number of aromatic nitrogens is 1. The van der Waals surface area contributed by atoms with Gasteiger partial charge in [0.2, 0.25) is 0 Å². The van der Waals surface area contributed by atoms with Crippen LogP contribution >= 0.6 is 23.1 Å². The molecule has 0 amide bonds. The van der Waals surface area contributed by atoms with E-state index < -0.39 is 0 Å². The van der Waals surface area contributed by atoms with Gasteiger partial charge in [-0.3, -0.25) is 9.98 Å². The lowest BCUT2D eigenvalue weighted by atomic mass is 10.3. The molecule has 2 nitrogen and oxygen atoms in total. The smallest absolute Gasteiger partial charge is 0.0631 e. The van der Waals surface area contributed by atoms with Crippen molar-refractivity contribution in [2.45, 2.75) is 4.90 Å². The first-order valence-corrected chi connectivity index (χ1v) is 7.91. The van der Waals surface area contributed by atoms with E-state index in [1.165, 1.54) is 15.0 Å². The number of nitrogens with zero attached hydrogens (tertiary/aromatic N) is 2. The van der Waals surface area contributed by atoms with Crippen LogP contribution in [0.2, 0.25) is 0 Å². The Hall–Kier alpha value is -1.65. The van der Waals surface area contributed by atoms with Gasteiger partial charge in [-0.2, -0.15) is 0 Å². The molecule has 0 aliphatic heterocycles. The molecule has 0 saturated carbocycles. The summed E-state index contributed by atoms with van der Waals surface area (Å²) >= 11 is 3.45. The Labute approximate surface area is 120 Å². The summed E-state index contributed by atoms with van der Waals surface area (Å²) in [5.74, 6) is 0. The maximum atomic E-state index is 4.50. The molecule has 4 heteroatoms. The van der Waals surface area contributed by atoms with Crippen molar-refractivity contribution in [2.75, 3.05) is 6.26 Å². The molecule has 0 aliphatic rings. The van der Waals surface area contributed by atoms with E-state index in [0.29, 0.717) is 0 Å². The topological polar surface area (TPSA) is 25.2 Å². The standard InChI is InChI=1S/C15H12N2S2/c1-18-13-4-2-12(3-5-13)17-9-14-8-11-6-7-16-10-15(11)19-14/h2-10H,1H3. The largest absolute Gasteiger partial charge is 0.263 e. The zero-order valence-electron chi connectivity index (χ0n) is 10.4. The molecule has 19 heavy (non-hydrogen) atoms. The summed E-state index contributed by atoms with van der Waals surface area (Å²) in [6.07, 6.45) is 7.70. The van der Waals surface area contributed by atoms with Crippen LogP contribution in [0, 0.1) is 0 Å². The second-order valence-corrected chi connectivity index (χ2v) is 6.01. The third-order valence-corrected chi connectivity index (χ3v) is 4.52. The average molecular weight is 284 g/mol. The molecule has 0 aliphatic carbocycles. The molecule has 0 fully saturated rings. The second-order valence-electron chi connectivity index (χ2n) is 4.02. The average Bonchev–Trinajstić information content (AvgIpc) is 2.88. The fraction of sp³-hybridized carbons (Fsp3) is 0.0667. The number of hydrogen-bond acceptors (Lipinski definition) is 4. The highest BCUT2D eigenvalue weighted by Gasteiger charge is 1.98. The van der Waals surface area contributed by atoms with E-state index in [1.807, 2.05) is 36.8 Å². The van der Waals surface area contributed by atoms with Gasteiger partial charge in [-0.15, -0.1) is 23.1 Å². The van der Waals surface area contributed by atoms with E-state index in [9.17, 15) is 0 Å². The van der Waals surface area contributed by atoms with E-state index in [-0.39, 0.29) is 0 Å². The quantitative estimate of drug-likeness (QED) is 0.511. The van der Waals surface area contributed by atoms with Crippen molar-refractivity contribution in [1.29, 1.82) is 0 Å². The van der Waals surface area contributed by atoms with Gasteiger partial charge in [-0.1, -0.05) is 0 Å². The monoisotopic (exact) mass is 284 g/mol. The molecule has 0 atom stereocenters. The highest BCUT2D eigenvalue weighted by molar-refractivity contribution is 7.98. The first-order valence-electron chi connectivity index (χ1n) is 5.87. The van der Waals surface area contributed by atoms with Gasteiger partial charge >= 0.3 is 0 Å². The Morgan fingerprint density at radius 1 is 1.21 bits per heavy atom. The lowest BCUT2D eigenvalue weighted by Gasteiger charge is -1.95. The van der Waals surface area contributed by atoms with Gasteiger partial charge in [0.15, 0.2) is 0 Å². The first kappa shape index (κ1) is 12.4. The summed E-state index contributed by atoms with van der Waals surface area (Å²) in [6.45, 7) is 0. The predicted octanol–water partition coefficient (Wildman–Crippen LogP) is 4.77. The predicted molar refractivity (Wildman–Crippen MR) is 85.1 cm³/mol. The van der Waals surface area contributed by atoms with Crippen molar-refractivity contribution < 1.29 is 0 Å². The molecule has 94 valence electrons. The lowest BCUT2D eigenvalue weighted by molar-refractivity contribution is 1.37. The summed E-state index contributed by atoms with van der Waals surface area (Å²) in [7, 11) is 0.